The van der Waals surface area contributed by atoms with Gasteiger partial charge in [-0.3, -0.25) is 9.59 Å². The van der Waals surface area contributed by atoms with E-state index in [1.165, 1.54) is 6.21 Å². The fraction of sp³-hybridized carbons (Fsp3) is 0.286. The summed E-state index contributed by atoms with van der Waals surface area (Å²) in [4.78, 5) is 25.6. The normalized spacial score (nSPS) is 13.8. The Balaban J connectivity index is 1.39. The third kappa shape index (κ3) is 6.99. The Labute approximate surface area is 188 Å². The second-order valence-corrected chi connectivity index (χ2v) is 7.53. The van der Waals surface area contributed by atoms with Gasteiger partial charge in [-0.25, -0.2) is 5.43 Å². The molecule has 0 saturated carbocycles. The van der Waals surface area contributed by atoms with Gasteiger partial charge in [0, 0.05) is 13.1 Å². The lowest BCUT2D eigenvalue weighted by Crippen LogP contribution is -2.42. The molecule has 30 heavy (non-hydrogen) atoms. The highest BCUT2D eigenvalue weighted by Crippen LogP contribution is 2.19. The van der Waals surface area contributed by atoms with Gasteiger partial charge in [-0.15, -0.1) is 0 Å². The smallest absolute Gasteiger partial charge is 0.277 e. The van der Waals surface area contributed by atoms with E-state index in [4.69, 9.17) is 14.2 Å². The topological polar surface area (TPSA) is 89.5 Å². The summed E-state index contributed by atoms with van der Waals surface area (Å²) in [6, 6.07) is 14.5. The van der Waals surface area contributed by atoms with Crippen LogP contribution in [-0.4, -0.2) is 62.4 Å². The van der Waals surface area contributed by atoms with Gasteiger partial charge in [0.15, 0.2) is 13.2 Å². The summed E-state index contributed by atoms with van der Waals surface area (Å²) >= 11 is 2.14. The van der Waals surface area contributed by atoms with Gasteiger partial charge in [0.05, 0.1) is 23.0 Å². The number of para-hydroxylation sites is 1. The molecular weight excluding hydrogens is 501 g/mol. The van der Waals surface area contributed by atoms with E-state index in [0.29, 0.717) is 37.8 Å². The Bertz CT molecular complexity index is 882. The molecule has 8 nitrogen and oxygen atoms in total. The SMILES string of the molecule is O=C(COc1ccccc1I)N/N=C/c1ccc(OCC(=O)N2CCOCC2)cc1. The molecule has 1 aliphatic heterocycles. The molecule has 1 fully saturated rings. The fourth-order valence-electron chi connectivity index (χ4n) is 2.62. The molecule has 0 aliphatic carbocycles. The summed E-state index contributed by atoms with van der Waals surface area (Å²) in [5.41, 5.74) is 3.20. The van der Waals surface area contributed by atoms with E-state index < -0.39 is 0 Å². The van der Waals surface area contributed by atoms with E-state index in [9.17, 15) is 9.59 Å². The van der Waals surface area contributed by atoms with E-state index in [0.717, 1.165) is 9.13 Å². The number of ether oxygens (including phenoxy) is 3. The van der Waals surface area contributed by atoms with Crippen LogP contribution in [0.4, 0.5) is 0 Å². The maximum absolute atomic E-state index is 12.1. The molecule has 2 aromatic rings. The molecule has 2 aromatic carbocycles. The van der Waals surface area contributed by atoms with Crippen molar-refractivity contribution in [2.24, 2.45) is 5.10 Å². The van der Waals surface area contributed by atoms with Crippen LogP contribution in [0, 0.1) is 3.57 Å². The van der Waals surface area contributed by atoms with Crippen molar-refractivity contribution in [2.45, 2.75) is 0 Å². The van der Waals surface area contributed by atoms with Crippen LogP contribution in [0.2, 0.25) is 0 Å². The average Bonchev–Trinajstić information content (AvgIpc) is 2.78. The van der Waals surface area contributed by atoms with Crippen molar-refractivity contribution in [1.82, 2.24) is 10.3 Å². The summed E-state index contributed by atoms with van der Waals surface area (Å²) in [6.45, 7) is 2.19. The van der Waals surface area contributed by atoms with Gasteiger partial charge in [0.25, 0.3) is 11.8 Å². The van der Waals surface area contributed by atoms with Crippen LogP contribution < -0.4 is 14.9 Å². The predicted molar refractivity (Wildman–Crippen MR) is 120 cm³/mol. The van der Waals surface area contributed by atoms with Crippen LogP contribution in [0.25, 0.3) is 0 Å². The molecule has 9 heteroatoms. The van der Waals surface area contributed by atoms with E-state index in [1.807, 2.05) is 18.2 Å². The lowest BCUT2D eigenvalue weighted by atomic mass is 10.2. The third-order valence-corrected chi connectivity index (χ3v) is 5.10. The zero-order chi connectivity index (χ0) is 21.2. The highest BCUT2D eigenvalue weighted by atomic mass is 127. The monoisotopic (exact) mass is 523 g/mol. The van der Waals surface area contributed by atoms with E-state index in [2.05, 4.69) is 33.1 Å². The number of nitrogens with zero attached hydrogens (tertiary/aromatic N) is 2. The molecule has 0 spiro atoms. The minimum Gasteiger partial charge on any atom is -0.484 e. The standard InChI is InChI=1S/C21H22IN3O5/c22-18-3-1-2-4-19(18)30-14-20(26)24-23-13-16-5-7-17(8-6-16)29-15-21(27)25-9-11-28-12-10-25/h1-8,13H,9-12,14-15H2,(H,24,26)/b23-13+. The van der Waals surface area contributed by atoms with Crippen molar-refractivity contribution in [3.05, 3.63) is 57.7 Å². The van der Waals surface area contributed by atoms with Crippen molar-refractivity contribution >= 4 is 40.6 Å². The first-order valence-electron chi connectivity index (χ1n) is 9.39. The van der Waals surface area contributed by atoms with Gasteiger partial charge in [-0.05, 0) is 64.6 Å². The molecule has 3 rings (SSSR count). The number of hydrazone groups is 1. The van der Waals surface area contributed by atoms with Crippen LogP contribution in [0.3, 0.4) is 0 Å². The molecule has 0 radical (unpaired) electrons. The molecule has 0 unspecified atom stereocenters. The van der Waals surface area contributed by atoms with E-state index in [1.54, 1.807) is 35.2 Å². The second kappa shape index (κ2) is 11.5. The molecule has 1 heterocycles. The van der Waals surface area contributed by atoms with Gasteiger partial charge < -0.3 is 19.1 Å². The summed E-state index contributed by atoms with van der Waals surface area (Å²) in [6.07, 6.45) is 1.52. The molecule has 0 bridgehead atoms. The highest BCUT2D eigenvalue weighted by molar-refractivity contribution is 14.1. The van der Waals surface area contributed by atoms with E-state index >= 15 is 0 Å². The van der Waals surface area contributed by atoms with Crippen LogP contribution in [0.15, 0.2) is 53.6 Å². The number of hydrogen-bond acceptors (Lipinski definition) is 6. The molecular formula is C21H22IN3O5. The summed E-state index contributed by atoms with van der Waals surface area (Å²) in [5.74, 6) is 0.829. The summed E-state index contributed by atoms with van der Waals surface area (Å²) in [7, 11) is 0. The molecule has 1 saturated heterocycles. The first-order valence-corrected chi connectivity index (χ1v) is 10.5. The number of rotatable bonds is 8. The zero-order valence-corrected chi connectivity index (χ0v) is 18.4. The fourth-order valence-corrected chi connectivity index (χ4v) is 3.16. The number of nitrogens with one attached hydrogen (secondary N) is 1. The number of benzene rings is 2. The highest BCUT2D eigenvalue weighted by Gasteiger charge is 2.17. The Morgan fingerprint density at radius 2 is 1.80 bits per heavy atom. The zero-order valence-electron chi connectivity index (χ0n) is 16.3. The quantitative estimate of drug-likeness (QED) is 0.325. The molecule has 1 aliphatic rings. The van der Waals surface area contributed by atoms with Gasteiger partial charge in [0.1, 0.15) is 11.5 Å². The van der Waals surface area contributed by atoms with E-state index in [-0.39, 0.29) is 25.0 Å². The third-order valence-electron chi connectivity index (χ3n) is 4.20. The number of carbonyl (C=O) groups is 2. The lowest BCUT2D eigenvalue weighted by molar-refractivity contribution is -0.137. The molecule has 1 N–H and O–H groups in total. The largest absolute Gasteiger partial charge is 0.484 e. The molecule has 2 amide bonds. The Morgan fingerprint density at radius 1 is 1.07 bits per heavy atom. The molecule has 0 aromatic heterocycles. The Hall–Kier alpha value is -2.66. The van der Waals surface area contributed by atoms with Crippen molar-refractivity contribution in [3.63, 3.8) is 0 Å². The van der Waals surface area contributed by atoms with Crippen molar-refractivity contribution in [2.75, 3.05) is 39.5 Å². The van der Waals surface area contributed by atoms with Crippen molar-refractivity contribution < 1.29 is 23.8 Å². The second-order valence-electron chi connectivity index (χ2n) is 6.36. The minimum atomic E-state index is -0.354. The van der Waals surface area contributed by atoms with Crippen LogP contribution >= 0.6 is 22.6 Å². The average molecular weight is 523 g/mol. The van der Waals surface area contributed by atoms with Crippen LogP contribution in [0.1, 0.15) is 5.56 Å². The van der Waals surface area contributed by atoms with Crippen molar-refractivity contribution in [1.29, 1.82) is 0 Å². The van der Waals surface area contributed by atoms with Crippen molar-refractivity contribution in [3.8, 4) is 11.5 Å². The van der Waals surface area contributed by atoms with Gasteiger partial charge in [-0.2, -0.15) is 5.10 Å². The predicted octanol–water partition coefficient (Wildman–Crippen LogP) is 2.06. The summed E-state index contributed by atoms with van der Waals surface area (Å²) in [5, 5.41) is 3.92. The van der Waals surface area contributed by atoms with Gasteiger partial charge >= 0.3 is 0 Å². The number of carbonyl (C=O) groups excluding carboxylic acids is 2. The number of halogens is 1. The van der Waals surface area contributed by atoms with Gasteiger partial charge in [0.2, 0.25) is 0 Å². The van der Waals surface area contributed by atoms with Crippen LogP contribution in [-0.2, 0) is 14.3 Å². The Kier molecular flexibility index (Phi) is 8.45. The number of hydrogen-bond donors (Lipinski definition) is 1. The minimum absolute atomic E-state index is 0.0101. The molecule has 0 atom stereocenters. The number of morpholine rings is 1. The van der Waals surface area contributed by atoms with Crippen LogP contribution in [0.5, 0.6) is 11.5 Å². The Morgan fingerprint density at radius 3 is 2.53 bits per heavy atom. The number of amides is 2. The first kappa shape index (κ1) is 22.0. The maximum atomic E-state index is 12.1. The first-order chi connectivity index (χ1) is 14.6. The summed E-state index contributed by atoms with van der Waals surface area (Å²) < 4.78 is 17.2. The maximum Gasteiger partial charge on any atom is 0.277 e. The molecule has 158 valence electrons. The lowest BCUT2D eigenvalue weighted by Gasteiger charge is -2.26. The van der Waals surface area contributed by atoms with Gasteiger partial charge in [-0.1, -0.05) is 12.1 Å².